The van der Waals surface area contributed by atoms with Crippen LogP contribution in [0.3, 0.4) is 0 Å². The Morgan fingerprint density at radius 1 is 1.14 bits per heavy atom. The molecule has 3 aromatic rings. The molecule has 4 rings (SSSR count). The molecule has 1 aromatic heterocycles. The van der Waals surface area contributed by atoms with Gasteiger partial charge in [0, 0.05) is 29.7 Å². The number of aromatic amines is 1. The number of benzene rings is 2. The lowest BCUT2D eigenvalue weighted by Crippen LogP contribution is -2.48. The predicted molar refractivity (Wildman–Crippen MR) is 130 cm³/mol. The Morgan fingerprint density at radius 2 is 1.81 bits per heavy atom. The monoisotopic (exact) mass is 517 g/mol. The molecular formula is C25H28FN3O8. The van der Waals surface area contributed by atoms with E-state index in [9.17, 15) is 18.8 Å². The van der Waals surface area contributed by atoms with Crippen LogP contribution in [0.15, 0.2) is 36.4 Å². The number of nitrogens with one attached hydrogen (secondary N) is 3. The third-order valence-corrected chi connectivity index (χ3v) is 5.91. The Hall–Kier alpha value is -3.68. The van der Waals surface area contributed by atoms with Crippen LogP contribution in [0.1, 0.15) is 21.5 Å². The van der Waals surface area contributed by atoms with Gasteiger partial charge in [-0.25, -0.2) is 9.18 Å². The zero-order valence-corrected chi connectivity index (χ0v) is 19.8. The predicted octanol–water partition coefficient (Wildman–Crippen LogP) is -0.307. The maximum atomic E-state index is 13.9. The van der Waals surface area contributed by atoms with Crippen molar-refractivity contribution in [2.24, 2.45) is 0 Å². The molecule has 8 N–H and O–H groups in total. The number of amides is 1. The second kappa shape index (κ2) is 12.0. The second-order valence-electron chi connectivity index (χ2n) is 8.48. The van der Waals surface area contributed by atoms with Gasteiger partial charge in [-0.15, -0.1) is 0 Å². The second-order valence-corrected chi connectivity index (χ2v) is 8.48. The molecule has 0 radical (unpaired) electrons. The zero-order valence-electron chi connectivity index (χ0n) is 19.8. The molecule has 0 fully saturated rings. The first-order valence-electron chi connectivity index (χ1n) is 11.4. The lowest BCUT2D eigenvalue weighted by atomic mass is 9.99. The lowest BCUT2D eigenvalue weighted by molar-refractivity contribution is -0.163. The molecule has 0 bridgehead atoms. The summed E-state index contributed by atoms with van der Waals surface area (Å²) in [6.45, 7) is 1.36. The topological polar surface area (TPSA) is 192 Å². The van der Waals surface area contributed by atoms with Crippen molar-refractivity contribution >= 4 is 29.1 Å². The molecule has 0 saturated carbocycles. The quantitative estimate of drug-likeness (QED) is 0.185. The number of aliphatic hydroxyl groups is 4. The summed E-state index contributed by atoms with van der Waals surface area (Å²) < 4.78 is 13.9. The first kappa shape index (κ1) is 27.9. The summed E-state index contributed by atoms with van der Waals surface area (Å²) in [7, 11) is 1.92. The molecule has 37 heavy (non-hydrogen) atoms. The molecule has 11 nitrogen and oxygen atoms in total. The number of aliphatic hydroxyl groups excluding tert-OH is 4. The number of carboxylic acid groups (broad SMARTS) is 1. The molecule has 1 amide bonds. The molecule has 0 spiro atoms. The molecule has 2 aromatic carbocycles. The van der Waals surface area contributed by atoms with Gasteiger partial charge in [0.15, 0.2) is 12.4 Å². The summed E-state index contributed by atoms with van der Waals surface area (Å²) in [4.78, 5) is 35.5. The normalized spacial score (nSPS) is 16.0. The number of hydrogen-bond acceptors (Lipinski definition) is 8. The van der Waals surface area contributed by atoms with E-state index in [0.29, 0.717) is 17.6 Å². The van der Waals surface area contributed by atoms with E-state index in [0.717, 1.165) is 35.2 Å². The average molecular weight is 518 g/mol. The van der Waals surface area contributed by atoms with Crippen LogP contribution in [0, 0.1) is 5.82 Å². The van der Waals surface area contributed by atoms with Gasteiger partial charge in [0.1, 0.15) is 24.1 Å². The fraction of sp³-hybridized carbons (Fsp3) is 0.320. The SMILES string of the molecule is CNCc1ccc(-c2[nH]c3cc(F)cc4c3c2CCNC4=O)cc1.O=C[C@H](O)[C@@H](O)[C@H](O)[C@H](O)C(=O)O. The summed E-state index contributed by atoms with van der Waals surface area (Å²) in [6, 6.07) is 11.0. The van der Waals surface area contributed by atoms with Gasteiger partial charge in [-0.2, -0.15) is 0 Å². The molecule has 198 valence electrons. The van der Waals surface area contributed by atoms with Crippen molar-refractivity contribution < 1.29 is 44.3 Å². The van der Waals surface area contributed by atoms with Gasteiger partial charge in [-0.3, -0.25) is 4.79 Å². The van der Waals surface area contributed by atoms with Crippen molar-refractivity contribution in [1.29, 1.82) is 0 Å². The van der Waals surface area contributed by atoms with Crippen molar-refractivity contribution in [3.05, 3.63) is 58.9 Å². The van der Waals surface area contributed by atoms with E-state index >= 15 is 0 Å². The number of hydrogen-bond donors (Lipinski definition) is 8. The Balaban J connectivity index is 0.000000251. The average Bonchev–Trinajstić information content (AvgIpc) is 3.16. The van der Waals surface area contributed by atoms with Crippen LogP contribution >= 0.6 is 0 Å². The summed E-state index contributed by atoms with van der Waals surface area (Å²) in [5.41, 5.74) is 5.36. The number of rotatable bonds is 8. The minimum Gasteiger partial charge on any atom is -0.479 e. The van der Waals surface area contributed by atoms with E-state index in [1.165, 1.54) is 17.7 Å². The van der Waals surface area contributed by atoms with E-state index < -0.39 is 36.2 Å². The maximum absolute atomic E-state index is 13.9. The van der Waals surface area contributed by atoms with E-state index in [1.807, 2.05) is 7.05 Å². The Kier molecular flexibility index (Phi) is 9.08. The van der Waals surface area contributed by atoms with Gasteiger partial charge >= 0.3 is 5.97 Å². The lowest BCUT2D eigenvalue weighted by Gasteiger charge is -2.21. The van der Waals surface area contributed by atoms with Gasteiger partial charge in [-0.1, -0.05) is 24.3 Å². The van der Waals surface area contributed by atoms with Crippen molar-refractivity contribution in [2.45, 2.75) is 37.4 Å². The molecule has 0 aliphatic carbocycles. The minimum atomic E-state index is -2.25. The summed E-state index contributed by atoms with van der Waals surface area (Å²) in [6.07, 6.45) is -7.67. The van der Waals surface area contributed by atoms with Crippen molar-refractivity contribution in [2.75, 3.05) is 13.6 Å². The van der Waals surface area contributed by atoms with Crippen LogP contribution in [0.2, 0.25) is 0 Å². The Labute approximate surface area is 210 Å². The highest BCUT2D eigenvalue weighted by molar-refractivity contribution is 6.10. The zero-order chi connectivity index (χ0) is 27.3. The number of carboxylic acids is 1. The number of aromatic nitrogens is 1. The standard InChI is InChI=1S/C19H18FN3O.C6H10O7/c1-21-10-11-2-4-12(5-3-11)18-14-6-7-22-19(24)15-8-13(20)9-16(23-18)17(14)15;7-1-2(8)3(9)4(10)5(11)6(12)13/h2-5,8-9,21,23H,6-7,10H2,1H3,(H,22,24);1-5,8-11H,(H,12,13)/t;2-,3+,4-,5-/m.0/s1. The van der Waals surface area contributed by atoms with Crippen LogP contribution in [0.4, 0.5) is 4.39 Å². The molecule has 0 saturated heterocycles. The molecule has 12 heteroatoms. The molecule has 1 aliphatic rings. The molecule has 0 unspecified atom stereocenters. The first-order chi connectivity index (χ1) is 17.6. The van der Waals surface area contributed by atoms with Crippen LogP contribution in [0.5, 0.6) is 0 Å². The van der Waals surface area contributed by atoms with Gasteiger partial charge in [0.2, 0.25) is 0 Å². The van der Waals surface area contributed by atoms with E-state index in [2.05, 4.69) is 39.9 Å². The van der Waals surface area contributed by atoms with Crippen molar-refractivity contribution in [3.63, 3.8) is 0 Å². The van der Waals surface area contributed by atoms with Crippen LogP contribution in [0.25, 0.3) is 22.2 Å². The van der Waals surface area contributed by atoms with Crippen LogP contribution in [-0.2, 0) is 22.6 Å². The number of halogens is 1. The van der Waals surface area contributed by atoms with Crippen LogP contribution in [-0.4, -0.2) is 86.7 Å². The third-order valence-electron chi connectivity index (χ3n) is 5.91. The van der Waals surface area contributed by atoms with Gasteiger partial charge in [0.25, 0.3) is 5.91 Å². The Bertz CT molecular complexity index is 1280. The number of carbonyl (C=O) groups excluding carboxylic acids is 2. The molecule has 2 heterocycles. The molecular weight excluding hydrogens is 489 g/mol. The van der Waals surface area contributed by atoms with Gasteiger partial charge < -0.3 is 45.9 Å². The summed E-state index contributed by atoms with van der Waals surface area (Å²) in [5.74, 6) is -2.38. The Morgan fingerprint density at radius 3 is 2.41 bits per heavy atom. The fourth-order valence-corrected chi connectivity index (χ4v) is 4.05. The van der Waals surface area contributed by atoms with E-state index in [4.69, 9.17) is 25.5 Å². The van der Waals surface area contributed by atoms with Gasteiger partial charge in [0.05, 0.1) is 5.56 Å². The highest BCUT2D eigenvalue weighted by atomic mass is 19.1. The highest BCUT2D eigenvalue weighted by Gasteiger charge is 2.34. The summed E-state index contributed by atoms with van der Waals surface area (Å²) in [5, 5.41) is 50.0. The smallest absolute Gasteiger partial charge is 0.335 e. The first-order valence-corrected chi connectivity index (χ1v) is 11.4. The number of carbonyl (C=O) groups is 3. The largest absolute Gasteiger partial charge is 0.479 e. The number of H-pyrrole nitrogens is 1. The minimum absolute atomic E-state index is 0.0809. The third kappa shape index (κ3) is 6.18. The van der Waals surface area contributed by atoms with Crippen LogP contribution < -0.4 is 10.6 Å². The van der Waals surface area contributed by atoms with E-state index in [1.54, 1.807) is 0 Å². The maximum Gasteiger partial charge on any atom is 0.335 e. The highest BCUT2D eigenvalue weighted by Crippen LogP contribution is 2.34. The number of aliphatic carboxylic acids is 1. The molecule has 4 atom stereocenters. The molecule has 1 aliphatic heterocycles. The fourth-order valence-electron chi connectivity index (χ4n) is 4.05. The van der Waals surface area contributed by atoms with Crippen molar-refractivity contribution in [3.8, 4) is 11.3 Å². The van der Waals surface area contributed by atoms with Gasteiger partial charge in [-0.05, 0) is 42.3 Å². The summed E-state index contributed by atoms with van der Waals surface area (Å²) >= 11 is 0. The van der Waals surface area contributed by atoms with E-state index in [-0.39, 0.29) is 12.2 Å². The van der Waals surface area contributed by atoms with Crippen molar-refractivity contribution in [1.82, 2.24) is 15.6 Å². The number of aldehydes is 1.